The lowest BCUT2D eigenvalue weighted by Crippen LogP contribution is -2.55. The van der Waals surface area contributed by atoms with Crippen molar-refractivity contribution in [1.82, 2.24) is 15.1 Å². The smallest absolute Gasteiger partial charge is 0.317 e. The molecule has 2 N–H and O–H groups in total. The van der Waals surface area contributed by atoms with Gasteiger partial charge < -0.3 is 15.3 Å². The molecule has 23 heavy (non-hydrogen) atoms. The Morgan fingerprint density at radius 1 is 1.17 bits per heavy atom. The van der Waals surface area contributed by atoms with Gasteiger partial charge in [-0.1, -0.05) is 19.3 Å². The number of rotatable bonds is 5. The predicted molar refractivity (Wildman–Crippen MR) is 93.5 cm³/mol. The molecule has 1 heterocycles. The van der Waals surface area contributed by atoms with Crippen LogP contribution >= 0.6 is 0 Å². The van der Waals surface area contributed by atoms with Crippen molar-refractivity contribution in [2.45, 2.75) is 89.9 Å². The summed E-state index contributed by atoms with van der Waals surface area (Å²) in [5, 5.41) is 12.8. The third kappa shape index (κ3) is 5.64. The van der Waals surface area contributed by atoms with E-state index in [0.717, 1.165) is 19.0 Å². The molecule has 5 heteroatoms. The van der Waals surface area contributed by atoms with Gasteiger partial charge in [0.1, 0.15) is 0 Å². The summed E-state index contributed by atoms with van der Waals surface area (Å²) >= 11 is 0. The monoisotopic (exact) mass is 325 g/mol. The Morgan fingerprint density at radius 2 is 1.87 bits per heavy atom. The Bertz CT molecular complexity index is 367. The highest BCUT2D eigenvalue weighted by Crippen LogP contribution is 2.25. The van der Waals surface area contributed by atoms with Crippen molar-refractivity contribution in [3.05, 3.63) is 0 Å². The maximum atomic E-state index is 12.6. The van der Waals surface area contributed by atoms with E-state index in [1.807, 2.05) is 13.8 Å². The maximum absolute atomic E-state index is 12.6. The summed E-state index contributed by atoms with van der Waals surface area (Å²) < 4.78 is 0. The van der Waals surface area contributed by atoms with Crippen molar-refractivity contribution in [2.24, 2.45) is 0 Å². The minimum atomic E-state index is -0.492. The molecule has 1 saturated heterocycles. The topological polar surface area (TPSA) is 55.8 Å². The van der Waals surface area contributed by atoms with Crippen molar-refractivity contribution in [1.29, 1.82) is 0 Å². The van der Waals surface area contributed by atoms with E-state index in [0.29, 0.717) is 6.54 Å². The van der Waals surface area contributed by atoms with Crippen LogP contribution in [0, 0.1) is 0 Å². The fourth-order valence-electron chi connectivity index (χ4n) is 3.97. The SMILES string of the molecule is CC(O)CN(C(=O)NC1CCCN(C2CCCCC2)C1)C(C)C. The van der Waals surface area contributed by atoms with Crippen molar-refractivity contribution >= 4 is 6.03 Å². The maximum Gasteiger partial charge on any atom is 0.317 e. The second kappa shape index (κ2) is 8.88. The van der Waals surface area contributed by atoms with Gasteiger partial charge in [0.15, 0.2) is 0 Å². The molecule has 0 aromatic heterocycles. The van der Waals surface area contributed by atoms with Gasteiger partial charge in [-0.25, -0.2) is 4.79 Å². The zero-order valence-corrected chi connectivity index (χ0v) is 15.1. The molecular formula is C18H35N3O2. The molecule has 0 aromatic rings. The number of hydrogen-bond acceptors (Lipinski definition) is 3. The normalized spacial score (nSPS) is 25.3. The van der Waals surface area contributed by atoms with Gasteiger partial charge in [0.25, 0.3) is 0 Å². The van der Waals surface area contributed by atoms with Crippen LogP contribution in [0.3, 0.4) is 0 Å². The average molecular weight is 325 g/mol. The molecule has 0 aromatic carbocycles. The highest BCUT2D eigenvalue weighted by molar-refractivity contribution is 5.74. The van der Waals surface area contributed by atoms with Gasteiger partial charge in [-0.05, 0) is 53.0 Å². The van der Waals surface area contributed by atoms with Crippen LogP contribution < -0.4 is 5.32 Å². The number of aliphatic hydroxyl groups excluding tert-OH is 1. The first-order chi connectivity index (χ1) is 11.0. The van der Waals surface area contributed by atoms with Gasteiger partial charge in [0.2, 0.25) is 0 Å². The lowest BCUT2D eigenvalue weighted by molar-refractivity contribution is 0.0977. The molecule has 2 amide bonds. The van der Waals surface area contributed by atoms with Gasteiger partial charge in [0, 0.05) is 31.2 Å². The Labute approximate surface area is 141 Å². The van der Waals surface area contributed by atoms with E-state index < -0.39 is 6.10 Å². The van der Waals surface area contributed by atoms with E-state index >= 15 is 0 Å². The van der Waals surface area contributed by atoms with E-state index in [-0.39, 0.29) is 18.1 Å². The van der Waals surface area contributed by atoms with Crippen LogP contribution in [-0.2, 0) is 0 Å². The second-order valence-corrected chi connectivity index (χ2v) is 7.67. The average Bonchev–Trinajstić information content (AvgIpc) is 2.53. The van der Waals surface area contributed by atoms with E-state index in [1.165, 1.54) is 45.1 Å². The Morgan fingerprint density at radius 3 is 2.48 bits per heavy atom. The summed E-state index contributed by atoms with van der Waals surface area (Å²) in [5.74, 6) is 0. The molecule has 1 aliphatic heterocycles. The first-order valence-electron chi connectivity index (χ1n) is 9.46. The quantitative estimate of drug-likeness (QED) is 0.817. The number of carbonyl (C=O) groups excluding carboxylic acids is 1. The molecule has 5 nitrogen and oxygen atoms in total. The summed E-state index contributed by atoms with van der Waals surface area (Å²) in [6.45, 7) is 8.28. The third-order valence-electron chi connectivity index (χ3n) is 5.22. The Hall–Kier alpha value is -0.810. The van der Waals surface area contributed by atoms with Crippen molar-refractivity contribution in [3.63, 3.8) is 0 Å². The number of carbonyl (C=O) groups is 1. The zero-order chi connectivity index (χ0) is 16.8. The highest BCUT2D eigenvalue weighted by atomic mass is 16.3. The first-order valence-corrected chi connectivity index (χ1v) is 9.46. The van der Waals surface area contributed by atoms with E-state index in [4.69, 9.17) is 0 Å². The largest absolute Gasteiger partial charge is 0.392 e. The molecule has 134 valence electrons. The fourth-order valence-corrected chi connectivity index (χ4v) is 3.97. The highest BCUT2D eigenvalue weighted by Gasteiger charge is 2.29. The first kappa shape index (κ1) is 18.5. The van der Waals surface area contributed by atoms with Crippen molar-refractivity contribution in [2.75, 3.05) is 19.6 Å². The number of aliphatic hydroxyl groups is 1. The van der Waals surface area contributed by atoms with E-state index in [1.54, 1.807) is 11.8 Å². The van der Waals surface area contributed by atoms with Gasteiger partial charge >= 0.3 is 6.03 Å². The molecular weight excluding hydrogens is 290 g/mol. The molecule has 2 fully saturated rings. The number of hydrogen-bond donors (Lipinski definition) is 2. The van der Waals surface area contributed by atoms with Crippen LogP contribution in [0.2, 0.25) is 0 Å². The molecule has 2 aliphatic rings. The second-order valence-electron chi connectivity index (χ2n) is 7.67. The molecule has 2 atom stereocenters. The molecule has 1 saturated carbocycles. The van der Waals surface area contributed by atoms with Crippen LogP contribution in [0.4, 0.5) is 4.79 Å². The summed E-state index contributed by atoms with van der Waals surface area (Å²) in [6, 6.07) is 1.04. The lowest BCUT2D eigenvalue weighted by Gasteiger charge is -2.41. The summed E-state index contributed by atoms with van der Waals surface area (Å²) in [5.41, 5.74) is 0. The van der Waals surface area contributed by atoms with Crippen LogP contribution in [0.15, 0.2) is 0 Å². The minimum Gasteiger partial charge on any atom is -0.392 e. The minimum absolute atomic E-state index is 0.0311. The van der Waals surface area contributed by atoms with E-state index in [2.05, 4.69) is 10.2 Å². The fraction of sp³-hybridized carbons (Fsp3) is 0.944. The zero-order valence-electron chi connectivity index (χ0n) is 15.1. The third-order valence-corrected chi connectivity index (χ3v) is 5.22. The van der Waals surface area contributed by atoms with Gasteiger partial charge in [-0.2, -0.15) is 0 Å². The summed E-state index contributed by atoms with van der Waals surface area (Å²) in [4.78, 5) is 16.9. The molecule has 2 unspecified atom stereocenters. The van der Waals surface area contributed by atoms with Crippen LogP contribution in [-0.4, -0.2) is 64.8 Å². The standard InChI is InChI=1S/C18H35N3O2/c1-14(2)21(12-15(3)22)18(23)19-16-8-7-11-20(13-16)17-9-5-4-6-10-17/h14-17,22H,4-13H2,1-3H3,(H,19,23). The molecule has 0 radical (unpaired) electrons. The number of piperidine rings is 1. The number of urea groups is 1. The number of likely N-dealkylation sites (tertiary alicyclic amines) is 1. The van der Waals surface area contributed by atoms with Crippen molar-refractivity contribution in [3.8, 4) is 0 Å². The van der Waals surface area contributed by atoms with Crippen molar-refractivity contribution < 1.29 is 9.90 Å². The Balaban J connectivity index is 1.86. The van der Waals surface area contributed by atoms with Crippen LogP contribution in [0.5, 0.6) is 0 Å². The van der Waals surface area contributed by atoms with Gasteiger partial charge in [-0.3, -0.25) is 4.90 Å². The van der Waals surface area contributed by atoms with E-state index in [9.17, 15) is 9.90 Å². The van der Waals surface area contributed by atoms with Crippen LogP contribution in [0.25, 0.3) is 0 Å². The van der Waals surface area contributed by atoms with Gasteiger partial charge in [0.05, 0.1) is 6.10 Å². The van der Waals surface area contributed by atoms with Crippen LogP contribution in [0.1, 0.15) is 65.7 Å². The van der Waals surface area contributed by atoms with Gasteiger partial charge in [-0.15, -0.1) is 0 Å². The Kier molecular flexibility index (Phi) is 7.15. The molecule has 0 bridgehead atoms. The number of nitrogens with zero attached hydrogens (tertiary/aromatic N) is 2. The number of amides is 2. The lowest BCUT2D eigenvalue weighted by atomic mass is 9.92. The molecule has 1 aliphatic carbocycles. The molecule has 2 rings (SSSR count). The summed E-state index contributed by atoms with van der Waals surface area (Å²) in [6.07, 6.45) is 8.47. The predicted octanol–water partition coefficient (Wildman–Crippen LogP) is 2.58. The molecule has 0 spiro atoms. The number of nitrogens with one attached hydrogen (secondary N) is 1. The summed E-state index contributed by atoms with van der Waals surface area (Å²) in [7, 11) is 0.